The quantitative estimate of drug-likeness (QED) is 0.649. The number of rotatable bonds is 2. The first-order valence-electron chi connectivity index (χ1n) is 5.88. The smallest absolute Gasteiger partial charge is 0.0866 e. The van der Waals surface area contributed by atoms with Crippen molar-refractivity contribution < 1.29 is 0 Å². The van der Waals surface area contributed by atoms with Crippen LogP contribution in [0.25, 0.3) is 0 Å². The van der Waals surface area contributed by atoms with Gasteiger partial charge in [-0.05, 0) is 32.4 Å². The fourth-order valence-electron chi connectivity index (χ4n) is 2.64. The topological polar surface area (TPSA) is 56.3 Å². The van der Waals surface area contributed by atoms with Crippen LogP contribution in [0.15, 0.2) is 0 Å². The van der Waals surface area contributed by atoms with Crippen molar-refractivity contribution in [3.8, 4) is 6.07 Å². The lowest BCUT2D eigenvalue weighted by molar-refractivity contribution is 0.154. The van der Waals surface area contributed by atoms with Gasteiger partial charge < -0.3 is 5.73 Å². The van der Waals surface area contributed by atoms with Gasteiger partial charge in [0.1, 0.15) is 0 Å². The highest BCUT2D eigenvalue weighted by atomic mass is 15.3. The standard InChI is InChI=1S/C11H20N4/c12-4-8-14-5-3-11(9-14)15-6-1-10(13)2-7-15/h10-11H,1-3,5-9,13H2. The van der Waals surface area contributed by atoms with Crippen molar-refractivity contribution in [2.75, 3.05) is 32.7 Å². The maximum Gasteiger partial charge on any atom is 0.0866 e. The molecule has 2 rings (SSSR count). The van der Waals surface area contributed by atoms with Crippen molar-refractivity contribution in [1.29, 1.82) is 5.26 Å². The molecule has 4 heteroatoms. The molecule has 2 saturated heterocycles. The molecule has 15 heavy (non-hydrogen) atoms. The van der Waals surface area contributed by atoms with Crippen molar-refractivity contribution >= 4 is 0 Å². The number of likely N-dealkylation sites (tertiary alicyclic amines) is 2. The zero-order valence-corrected chi connectivity index (χ0v) is 9.23. The Labute approximate surface area is 91.6 Å². The number of hydrogen-bond acceptors (Lipinski definition) is 4. The molecular weight excluding hydrogens is 188 g/mol. The van der Waals surface area contributed by atoms with Gasteiger partial charge in [0, 0.05) is 25.2 Å². The van der Waals surface area contributed by atoms with Gasteiger partial charge in [-0.25, -0.2) is 0 Å². The second kappa shape index (κ2) is 4.93. The summed E-state index contributed by atoms with van der Waals surface area (Å²) in [7, 11) is 0. The molecule has 2 N–H and O–H groups in total. The average Bonchev–Trinajstić information content (AvgIpc) is 2.68. The molecule has 2 aliphatic rings. The maximum atomic E-state index is 8.64. The van der Waals surface area contributed by atoms with Crippen LogP contribution >= 0.6 is 0 Å². The Bertz CT molecular complexity index is 239. The Morgan fingerprint density at radius 2 is 1.93 bits per heavy atom. The molecule has 0 saturated carbocycles. The highest BCUT2D eigenvalue weighted by Gasteiger charge is 2.29. The molecule has 2 aliphatic heterocycles. The molecule has 4 nitrogen and oxygen atoms in total. The van der Waals surface area contributed by atoms with Crippen LogP contribution in [0.4, 0.5) is 0 Å². The van der Waals surface area contributed by atoms with E-state index in [-0.39, 0.29) is 0 Å². The molecule has 2 heterocycles. The Hall–Kier alpha value is -0.630. The van der Waals surface area contributed by atoms with Crippen molar-refractivity contribution in [3.63, 3.8) is 0 Å². The van der Waals surface area contributed by atoms with E-state index in [1.165, 1.54) is 6.42 Å². The molecule has 0 radical (unpaired) electrons. The minimum Gasteiger partial charge on any atom is -0.328 e. The zero-order chi connectivity index (χ0) is 10.7. The first-order chi connectivity index (χ1) is 7.29. The Kier molecular flexibility index (Phi) is 3.57. The summed E-state index contributed by atoms with van der Waals surface area (Å²) in [5.41, 5.74) is 5.89. The van der Waals surface area contributed by atoms with Gasteiger partial charge in [-0.1, -0.05) is 0 Å². The van der Waals surface area contributed by atoms with E-state index in [0.717, 1.165) is 39.0 Å². The number of nitrogens with zero attached hydrogens (tertiary/aromatic N) is 3. The summed E-state index contributed by atoms with van der Waals surface area (Å²) in [6, 6.07) is 3.31. The van der Waals surface area contributed by atoms with E-state index in [0.29, 0.717) is 18.6 Å². The molecule has 0 amide bonds. The molecule has 2 fully saturated rings. The molecule has 1 atom stereocenters. The predicted molar refractivity (Wildman–Crippen MR) is 59.2 cm³/mol. The maximum absolute atomic E-state index is 8.64. The van der Waals surface area contributed by atoms with Gasteiger partial charge in [-0.3, -0.25) is 9.80 Å². The minimum absolute atomic E-state index is 0.415. The fraction of sp³-hybridized carbons (Fsp3) is 0.909. The van der Waals surface area contributed by atoms with Gasteiger partial charge in [0.25, 0.3) is 0 Å². The summed E-state index contributed by atoms with van der Waals surface area (Å²) in [4.78, 5) is 4.81. The van der Waals surface area contributed by atoms with Crippen LogP contribution in [0, 0.1) is 11.3 Å². The third-order valence-corrected chi connectivity index (χ3v) is 3.63. The van der Waals surface area contributed by atoms with Crippen LogP contribution in [-0.4, -0.2) is 54.6 Å². The summed E-state index contributed by atoms with van der Waals surface area (Å²) in [6.45, 7) is 5.03. The molecule has 0 spiro atoms. The van der Waals surface area contributed by atoms with E-state index in [9.17, 15) is 0 Å². The van der Waals surface area contributed by atoms with Gasteiger partial charge in [0.05, 0.1) is 12.6 Å². The van der Waals surface area contributed by atoms with Crippen LogP contribution in [0.3, 0.4) is 0 Å². The van der Waals surface area contributed by atoms with Crippen LogP contribution in [0.2, 0.25) is 0 Å². The predicted octanol–water partition coefficient (Wildman–Crippen LogP) is 0.00738. The van der Waals surface area contributed by atoms with Crippen molar-refractivity contribution in [2.24, 2.45) is 5.73 Å². The van der Waals surface area contributed by atoms with Gasteiger partial charge in [0.15, 0.2) is 0 Å². The van der Waals surface area contributed by atoms with Crippen molar-refractivity contribution in [2.45, 2.75) is 31.3 Å². The van der Waals surface area contributed by atoms with Gasteiger partial charge in [0.2, 0.25) is 0 Å². The monoisotopic (exact) mass is 208 g/mol. The summed E-state index contributed by atoms with van der Waals surface area (Å²) in [5.74, 6) is 0. The molecule has 0 aliphatic carbocycles. The lowest BCUT2D eigenvalue weighted by Crippen LogP contribution is -2.46. The SMILES string of the molecule is N#CCN1CCC(N2CCC(N)CC2)C1. The highest BCUT2D eigenvalue weighted by Crippen LogP contribution is 2.19. The third kappa shape index (κ3) is 2.69. The summed E-state index contributed by atoms with van der Waals surface area (Å²) >= 11 is 0. The molecule has 84 valence electrons. The Morgan fingerprint density at radius 1 is 1.20 bits per heavy atom. The molecule has 0 aromatic carbocycles. The number of piperidine rings is 1. The summed E-state index contributed by atoms with van der Waals surface area (Å²) in [5, 5.41) is 8.64. The molecule has 0 bridgehead atoms. The van der Waals surface area contributed by atoms with Gasteiger partial charge >= 0.3 is 0 Å². The van der Waals surface area contributed by atoms with Crippen LogP contribution in [0.5, 0.6) is 0 Å². The number of nitriles is 1. The van der Waals surface area contributed by atoms with E-state index < -0.39 is 0 Å². The average molecular weight is 208 g/mol. The first-order valence-corrected chi connectivity index (χ1v) is 5.88. The first kappa shape index (κ1) is 10.9. The van der Waals surface area contributed by atoms with E-state index >= 15 is 0 Å². The van der Waals surface area contributed by atoms with Gasteiger partial charge in [-0.2, -0.15) is 5.26 Å². The fourth-order valence-corrected chi connectivity index (χ4v) is 2.64. The van der Waals surface area contributed by atoms with E-state index in [1.807, 2.05) is 0 Å². The molecule has 1 unspecified atom stereocenters. The lowest BCUT2D eigenvalue weighted by Gasteiger charge is -2.34. The Morgan fingerprint density at radius 3 is 2.60 bits per heavy atom. The molecule has 0 aromatic heterocycles. The second-order valence-corrected chi connectivity index (χ2v) is 4.71. The second-order valence-electron chi connectivity index (χ2n) is 4.71. The van der Waals surface area contributed by atoms with Gasteiger partial charge in [-0.15, -0.1) is 0 Å². The Balaban J connectivity index is 1.78. The summed E-state index contributed by atoms with van der Waals surface area (Å²) in [6.07, 6.45) is 3.49. The molecule has 0 aromatic rings. The van der Waals surface area contributed by atoms with Crippen LogP contribution in [0.1, 0.15) is 19.3 Å². The van der Waals surface area contributed by atoms with Crippen molar-refractivity contribution in [1.82, 2.24) is 9.80 Å². The van der Waals surface area contributed by atoms with E-state index in [2.05, 4.69) is 15.9 Å². The van der Waals surface area contributed by atoms with E-state index in [4.69, 9.17) is 11.0 Å². The lowest BCUT2D eigenvalue weighted by atomic mass is 10.0. The van der Waals surface area contributed by atoms with Crippen LogP contribution in [-0.2, 0) is 0 Å². The number of nitrogens with two attached hydrogens (primary N) is 1. The largest absolute Gasteiger partial charge is 0.328 e. The normalized spacial score (nSPS) is 30.5. The highest BCUT2D eigenvalue weighted by molar-refractivity contribution is 4.89. The summed E-state index contributed by atoms with van der Waals surface area (Å²) < 4.78 is 0. The number of hydrogen-bond donors (Lipinski definition) is 1. The van der Waals surface area contributed by atoms with E-state index in [1.54, 1.807) is 0 Å². The molecular formula is C11H20N4. The van der Waals surface area contributed by atoms with Crippen molar-refractivity contribution in [3.05, 3.63) is 0 Å². The zero-order valence-electron chi connectivity index (χ0n) is 9.23. The minimum atomic E-state index is 0.415. The third-order valence-electron chi connectivity index (χ3n) is 3.63. The van der Waals surface area contributed by atoms with Crippen LogP contribution < -0.4 is 5.73 Å².